The molecule has 1 amide bonds. The van der Waals surface area contributed by atoms with Crippen molar-refractivity contribution < 1.29 is 35.0 Å². The molecule has 10 nitrogen and oxygen atoms in total. The van der Waals surface area contributed by atoms with Crippen LogP contribution < -0.4 is 20.9 Å². The third-order valence-electron chi connectivity index (χ3n) is 5.27. The Morgan fingerprint density at radius 1 is 1.34 bits per heavy atom. The number of nitrogens with zero attached hydrogens (tertiary/aromatic N) is 2. The van der Waals surface area contributed by atoms with E-state index in [0.29, 0.717) is 42.8 Å². The van der Waals surface area contributed by atoms with Gasteiger partial charge in [-0.2, -0.15) is 5.26 Å². The van der Waals surface area contributed by atoms with Crippen LogP contribution in [-0.2, 0) is 19.1 Å². The zero-order valence-corrected chi connectivity index (χ0v) is 18.3. The maximum absolute atomic E-state index is 12.5. The van der Waals surface area contributed by atoms with Gasteiger partial charge in [-0.05, 0) is 18.2 Å². The molecule has 1 fully saturated rings. The standard InChI is InChI=1S/C22H27N5O5/c1-14(25-2)18(13-24)22(31)26-16-3-4-19(15(11-16)12-23)27-9-7-17(8-10-27)32-21(30)6-5-20(28)29/h3-4,11,13,17,24-25H,5-10H2,1-2H3,(H,26,31)(H,28,29)/p+2. The maximum atomic E-state index is 12.5. The number of anilines is 2. The number of allylic oxidation sites excluding steroid dienone is 1. The number of carbonyl (C=O) groups excluding carboxylic acids is 2. The normalized spacial score (nSPS) is 14.7. The Labute approximate surface area is 186 Å². The predicted molar refractivity (Wildman–Crippen MR) is 117 cm³/mol. The number of nitrogens with one attached hydrogen (secondary N) is 1. The third-order valence-corrected chi connectivity index (χ3v) is 5.27. The Balaban J connectivity index is 2.01. The number of rotatable bonds is 9. The van der Waals surface area contributed by atoms with Gasteiger partial charge in [0.2, 0.25) is 0 Å². The lowest BCUT2D eigenvalue weighted by Crippen LogP contribution is -2.77. The second-order valence-electron chi connectivity index (χ2n) is 7.42. The van der Waals surface area contributed by atoms with Crippen LogP contribution in [0.15, 0.2) is 29.5 Å². The number of hydrogen-bond acceptors (Lipinski definition) is 6. The van der Waals surface area contributed by atoms with E-state index in [1.54, 1.807) is 30.4 Å². The van der Waals surface area contributed by atoms with Gasteiger partial charge in [0, 0.05) is 38.5 Å². The highest BCUT2D eigenvalue weighted by atomic mass is 16.5. The molecule has 0 atom stereocenters. The Kier molecular flexibility index (Phi) is 8.92. The van der Waals surface area contributed by atoms with Gasteiger partial charge in [0.05, 0.1) is 31.1 Å². The van der Waals surface area contributed by atoms with Crippen molar-refractivity contribution in [2.24, 2.45) is 0 Å². The number of nitriles is 1. The fraction of sp³-hybridized carbons (Fsp3) is 0.409. The molecule has 0 radical (unpaired) electrons. The molecule has 0 aliphatic carbocycles. The Morgan fingerprint density at radius 2 is 2.03 bits per heavy atom. The highest BCUT2D eigenvalue weighted by Gasteiger charge is 2.24. The molecular formula is C22H29N5O5+2. The van der Waals surface area contributed by atoms with E-state index in [4.69, 9.17) is 15.3 Å². The van der Waals surface area contributed by atoms with Gasteiger partial charge >= 0.3 is 11.9 Å². The number of esters is 1. The van der Waals surface area contributed by atoms with Gasteiger partial charge in [0.1, 0.15) is 17.9 Å². The van der Waals surface area contributed by atoms with Crippen LogP contribution in [0.2, 0.25) is 0 Å². The number of piperidine rings is 1. The SMILES string of the molecule is C[NH2+]C(C)=C(C=[NH2+])C(=O)Nc1ccc(N2CCC(OC(=O)CCC(=O)O)CC2)c(C#N)c1. The van der Waals surface area contributed by atoms with Crippen molar-refractivity contribution >= 4 is 35.4 Å². The molecule has 0 saturated carbocycles. The number of carbonyl (C=O) groups is 3. The van der Waals surface area contributed by atoms with E-state index in [2.05, 4.69) is 11.4 Å². The second-order valence-corrected chi connectivity index (χ2v) is 7.42. The van der Waals surface area contributed by atoms with Crippen molar-refractivity contribution in [1.29, 1.82) is 5.26 Å². The number of nitrogens with two attached hydrogens (primary N) is 2. The van der Waals surface area contributed by atoms with Crippen LogP contribution in [0, 0.1) is 11.3 Å². The summed E-state index contributed by atoms with van der Waals surface area (Å²) < 4.78 is 5.35. The average molecular weight is 444 g/mol. The van der Waals surface area contributed by atoms with E-state index in [0.717, 1.165) is 11.4 Å². The molecule has 1 aromatic rings. The summed E-state index contributed by atoms with van der Waals surface area (Å²) in [6.07, 6.45) is 1.75. The molecule has 1 aromatic carbocycles. The molecule has 32 heavy (non-hydrogen) atoms. The highest BCUT2D eigenvalue weighted by molar-refractivity contribution is 6.16. The summed E-state index contributed by atoms with van der Waals surface area (Å²) in [7, 11) is 1.81. The highest BCUT2D eigenvalue weighted by Crippen LogP contribution is 2.27. The summed E-state index contributed by atoms with van der Waals surface area (Å²) >= 11 is 0. The molecule has 0 spiro atoms. The van der Waals surface area contributed by atoms with Gasteiger partial charge < -0.3 is 25.4 Å². The van der Waals surface area contributed by atoms with E-state index in [-0.39, 0.29) is 24.9 Å². The zero-order chi connectivity index (χ0) is 23.7. The molecule has 1 aliphatic heterocycles. The van der Waals surface area contributed by atoms with Crippen molar-refractivity contribution in [3.63, 3.8) is 0 Å². The number of ether oxygens (including phenoxy) is 1. The summed E-state index contributed by atoms with van der Waals surface area (Å²) in [6.45, 7) is 2.95. The minimum absolute atomic E-state index is 0.143. The quantitative estimate of drug-likeness (QED) is 0.220. The lowest BCUT2D eigenvalue weighted by atomic mass is 10.0. The molecule has 0 unspecified atom stereocenters. The molecule has 1 heterocycles. The van der Waals surface area contributed by atoms with E-state index in [1.165, 1.54) is 6.21 Å². The van der Waals surface area contributed by atoms with Gasteiger partial charge in [-0.15, -0.1) is 0 Å². The molecule has 10 heteroatoms. The van der Waals surface area contributed by atoms with E-state index in [1.807, 2.05) is 11.9 Å². The smallest absolute Gasteiger partial charge is 0.306 e. The lowest BCUT2D eigenvalue weighted by Gasteiger charge is -2.33. The zero-order valence-electron chi connectivity index (χ0n) is 18.3. The number of carboxylic acid groups (broad SMARTS) is 1. The van der Waals surface area contributed by atoms with Crippen molar-refractivity contribution in [1.82, 2.24) is 0 Å². The van der Waals surface area contributed by atoms with E-state index >= 15 is 0 Å². The van der Waals surface area contributed by atoms with Crippen molar-refractivity contribution in [3.8, 4) is 6.07 Å². The fourth-order valence-corrected chi connectivity index (χ4v) is 3.39. The molecule has 0 aromatic heterocycles. The first kappa shape index (κ1) is 24.6. The first-order valence-electron chi connectivity index (χ1n) is 10.4. The number of quaternary nitrogens is 1. The van der Waals surface area contributed by atoms with Crippen molar-refractivity contribution in [2.75, 3.05) is 30.4 Å². The largest absolute Gasteiger partial charge is 0.481 e. The third kappa shape index (κ3) is 6.65. The Morgan fingerprint density at radius 3 is 2.59 bits per heavy atom. The van der Waals surface area contributed by atoms with Crippen LogP contribution in [0.5, 0.6) is 0 Å². The number of hydrogen-bond donors (Lipinski definition) is 4. The number of aliphatic carboxylic acids is 1. The second kappa shape index (κ2) is 11.6. The summed E-state index contributed by atoms with van der Waals surface area (Å²) in [5.74, 6) is -1.90. The molecule has 1 saturated heterocycles. The van der Waals surface area contributed by atoms with Crippen molar-refractivity contribution in [2.45, 2.75) is 38.7 Å². The maximum Gasteiger partial charge on any atom is 0.306 e. The lowest BCUT2D eigenvalue weighted by molar-refractivity contribution is -0.576. The van der Waals surface area contributed by atoms with Crippen LogP contribution in [0.4, 0.5) is 11.4 Å². The molecular weight excluding hydrogens is 414 g/mol. The summed E-state index contributed by atoms with van der Waals surface area (Å²) in [5.41, 5.74) is 2.74. The number of amides is 1. The van der Waals surface area contributed by atoms with E-state index in [9.17, 15) is 19.6 Å². The first-order chi connectivity index (χ1) is 15.3. The Bertz CT molecular complexity index is 958. The molecule has 2 rings (SSSR count). The first-order valence-corrected chi connectivity index (χ1v) is 10.4. The molecule has 1 aliphatic rings. The van der Waals surface area contributed by atoms with Crippen LogP contribution in [0.3, 0.4) is 0 Å². The number of benzene rings is 1. The number of carboxylic acids is 1. The van der Waals surface area contributed by atoms with E-state index < -0.39 is 11.9 Å². The fourth-order valence-electron chi connectivity index (χ4n) is 3.39. The van der Waals surface area contributed by atoms with Gasteiger partial charge in [0.25, 0.3) is 5.91 Å². The summed E-state index contributed by atoms with van der Waals surface area (Å²) in [6, 6.07) is 7.29. The van der Waals surface area contributed by atoms with Crippen LogP contribution in [0.25, 0.3) is 0 Å². The van der Waals surface area contributed by atoms with Gasteiger partial charge in [-0.25, -0.2) is 0 Å². The molecule has 0 bridgehead atoms. The molecule has 6 N–H and O–H groups in total. The monoisotopic (exact) mass is 443 g/mol. The van der Waals surface area contributed by atoms with Crippen molar-refractivity contribution in [3.05, 3.63) is 35.0 Å². The topological polar surface area (TPSA) is 162 Å². The Hall–Kier alpha value is -3.71. The van der Waals surface area contributed by atoms with Crippen LogP contribution >= 0.6 is 0 Å². The summed E-state index contributed by atoms with van der Waals surface area (Å²) in [5, 5.41) is 28.4. The van der Waals surface area contributed by atoms with Gasteiger partial charge in [-0.3, -0.25) is 19.8 Å². The summed E-state index contributed by atoms with van der Waals surface area (Å²) in [4.78, 5) is 36.8. The van der Waals surface area contributed by atoms with Crippen LogP contribution in [-0.4, -0.2) is 55.4 Å². The predicted octanol–water partition coefficient (Wildman–Crippen LogP) is -0.829. The minimum atomic E-state index is -1.03. The average Bonchev–Trinajstić information content (AvgIpc) is 2.78. The van der Waals surface area contributed by atoms with Gasteiger partial charge in [-0.1, -0.05) is 0 Å². The van der Waals surface area contributed by atoms with Gasteiger partial charge in [0.15, 0.2) is 11.8 Å². The van der Waals surface area contributed by atoms with Crippen LogP contribution in [0.1, 0.15) is 38.2 Å². The molecule has 170 valence electrons. The minimum Gasteiger partial charge on any atom is -0.481 e.